The zero-order valence-electron chi connectivity index (χ0n) is 10.9. The predicted molar refractivity (Wildman–Crippen MR) is 67.9 cm³/mol. The van der Waals surface area contributed by atoms with Gasteiger partial charge in [-0.3, -0.25) is 11.3 Å². The fourth-order valence-corrected chi connectivity index (χ4v) is 2.03. The average Bonchev–Trinajstić information content (AvgIpc) is 2.82. The first kappa shape index (κ1) is 14.5. The molecule has 4 nitrogen and oxygen atoms in total. The maximum Gasteiger partial charge on any atom is 0.194 e. The molecule has 0 aliphatic carbocycles. The van der Waals surface area contributed by atoms with Crippen LogP contribution >= 0.6 is 0 Å². The van der Waals surface area contributed by atoms with Crippen molar-refractivity contribution < 1.29 is 13.2 Å². The van der Waals surface area contributed by atoms with Crippen LogP contribution in [0.5, 0.6) is 0 Å². The van der Waals surface area contributed by atoms with Crippen LogP contribution < -0.4 is 11.3 Å². The third kappa shape index (κ3) is 3.00. The standard InChI is InChI=1S/C13H15F3N4/c1-20-5-4-18-12(20)3-2-11(19-17)8-6-9(14)13(16)10(15)7-8/h4-7,11,19H,2-3,17H2,1H3. The van der Waals surface area contributed by atoms with Crippen LogP contribution in [-0.4, -0.2) is 9.55 Å². The molecular weight excluding hydrogens is 269 g/mol. The molecule has 7 heteroatoms. The molecular formula is C13H15F3N4. The van der Waals surface area contributed by atoms with Crippen LogP contribution in [0, 0.1) is 17.5 Å². The van der Waals surface area contributed by atoms with Gasteiger partial charge in [0.05, 0.1) is 0 Å². The van der Waals surface area contributed by atoms with Gasteiger partial charge in [-0.15, -0.1) is 0 Å². The van der Waals surface area contributed by atoms with Gasteiger partial charge >= 0.3 is 0 Å². The molecule has 0 aliphatic rings. The minimum Gasteiger partial charge on any atom is -0.338 e. The van der Waals surface area contributed by atoms with Crippen molar-refractivity contribution in [2.75, 3.05) is 0 Å². The molecule has 2 rings (SSSR count). The first-order valence-electron chi connectivity index (χ1n) is 6.09. The summed E-state index contributed by atoms with van der Waals surface area (Å²) in [5, 5.41) is 0. The van der Waals surface area contributed by atoms with Crippen LogP contribution in [0.25, 0.3) is 0 Å². The van der Waals surface area contributed by atoms with E-state index in [2.05, 4.69) is 10.4 Å². The van der Waals surface area contributed by atoms with E-state index in [1.54, 1.807) is 12.4 Å². The minimum absolute atomic E-state index is 0.262. The van der Waals surface area contributed by atoms with Gasteiger partial charge in [-0.1, -0.05) is 0 Å². The maximum atomic E-state index is 13.2. The summed E-state index contributed by atoms with van der Waals surface area (Å²) in [6.45, 7) is 0. The molecule has 1 heterocycles. The number of hydrogen-bond acceptors (Lipinski definition) is 3. The topological polar surface area (TPSA) is 55.9 Å². The highest BCUT2D eigenvalue weighted by atomic mass is 19.2. The second-order valence-corrected chi connectivity index (χ2v) is 4.51. The van der Waals surface area contributed by atoms with Gasteiger partial charge in [0.2, 0.25) is 0 Å². The molecule has 0 bridgehead atoms. The summed E-state index contributed by atoms with van der Waals surface area (Å²) < 4.78 is 41.2. The number of rotatable bonds is 5. The SMILES string of the molecule is Cn1ccnc1CCC(NN)c1cc(F)c(F)c(F)c1. The van der Waals surface area contributed by atoms with E-state index >= 15 is 0 Å². The summed E-state index contributed by atoms with van der Waals surface area (Å²) in [5.41, 5.74) is 2.74. The van der Waals surface area contributed by atoms with E-state index in [9.17, 15) is 13.2 Å². The monoisotopic (exact) mass is 284 g/mol. The van der Waals surface area contributed by atoms with Crippen molar-refractivity contribution in [2.24, 2.45) is 12.9 Å². The van der Waals surface area contributed by atoms with Crippen LogP contribution in [0.1, 0.15) is 23.9 Å². The number of nitrogens with two attached hydrogens (primary N) is 1. The Morgan fingerprint density at radius 3 is 2.45 bits per heavy atom. The molecule has 1 atom stereocenters. The molecule has 1 aromatic carbocycles. The Hall–Kier alpha value is -1.86. The second kappa shape index (κ2) is 6.06. The van der Waals surface area contributed by atoms with E-state index in [0.717, 1.165) is 18.0 Å². The average molecular weight is 284 g/mol. The number of halogens is 3. The van der Waals surface area contributed by atoms with Gasteiger partial charge in [-0.25, -0.2) is 18.2 Å². The van der Waals surface area contributed by atoms with Gasteiger partial charge < -0.3 is 4.57 Å². The highest BCUT2D eigenvalue weighted by molar-refractivity contribution is 5.22. The molecule has 0 saturated carbocycles. The van der Waals surface area contributed by atoms with Crippen LogP contribution in [0.4, 0.5) is 13.2 Å². The fourth-order valence-electron chi connectivity index (χ4n) is 2.03. The number of imidazole rings is 1. The highest BCUT2D eigenvalue weighted by Crippen LogP contribution is 2.22. The first-order chi connectivity index (χ1) is 9.52. The summed E-state index contributed by atoms with van der Waals surface area (Å²) >= 11 is 0. The largest absolute Gasteiger partial charge is 0.338 e. The van der Waals surface area contributed by atoms with Gasteiger partial charge in [-0.2, -0.15) is 0 Å². The van der Waals surface area contributed by atoms with E-state index in [1.165, 1.54) is 0 Å². The first-order valence-corrected chi connectivity index (χ1v) is 6.09. The van der Waals surface area contributed by atoms with E-state index in [0.29, 0.717) is 12.8 Å². The third-order valence-corrected chi connectivity index (χ3v) is 3.19. The van der Waals surface area contributed by atoms with Gasteiger partial charge in [0.15, 0.2) is 17.5 Å². The van der Waals surface area contributed by atoms with E-state index in [-0.39, 0.29) is 5.56 Å². The molecule has 0 amide bonds. The number of nitrogens with one attached hydrogen (secondary N) is 1. The number of hydrogen-bond donors (Lipinski definition) is 2. The van der Waals surface area contributed by atoms with Crippen molar-refractivity contribution in [3.63, 3.8) is 0 Å². The van der Waals surface area contributed by atoms with Crippen molar-refractivity contribution >= 4 is 0 Å². The summed E-state index contributed by atoms with van der Waals surface area (Å²) in [4.78, 5) is 4.15. The molecule has 1 aromatic heterocycles. The fraction of sp³-hybridized carbons (Fsp3) is 0.308. The normalized spacial score (nSPS) is 12.7. The molecule has 0 radical (unpaired) electrons. The lowest BCUT2D eigenvalue weighted by atomic mass is 10.0. The number of hydrazine groups is 1. The summed E-state index contributed by atoms with van der Waals surface area (Å²) in [6.07, 6.45) is 4.51. The molecule has 0 saturated heterocycles. The smallest absolute Gasteiger partial charge is 0.194 e. The van der Waals surface area contributed by atoms with Crippen LogP contribution in [-0.2, 0) is 13.5 Å². The van der Waals surface area contributed by atoms with Crippen molar-refractivity contribution in [3.05, 3.63) is 53.4 Å². The third-order valence-electron chi connectivity index (χ3n) is 3.19. The number of nitrogens with zero attached hydrogens (tertiary/aromatic N) is 2. The zero-order chi connectivity index (χ0) is 14.7. The summed E-state index contributed by atoms with van der Waals surface area (Å²) in [7, 11) is 1.85. The van der Waals surface area contributed by atoms with Crippen molar-refractivity contribution in [2.45, 2.75) is 18.9 Å². The van der Waals surface area contributed by atoms with Crippen molar-refractivity contribution in [1.82, 2.24) is 15.0 Å². The van der Waals surface area contributed by atoms with Crippen LogP contribution in [0.15, 0.2) is 24.5 Å². The van der Waals surface area contributed by atoms with Gasteiger partial charge in [-0.05, 0) is 24.1 Å². The Labute approximate surface area is 114 Å². The number of aryl methyl sites for hydroxylation is 2. The molecule has 1 unspecified atom stereocenters. The lowest BCUT2D eigenvalue weighted by Gasteiger charge is -2.16. The summed E-state index contributed by atoms with van der Waals surface area (Å²) in [5.74, 6) is 2.30. The molecule has 0 aliphatic heterocycles. The van der Waals surface area contributed by atoms with Gasteiger partial charge in [0.1, 0.15) is 5.82 Å². The quantitative estimate of drug-likeness (QED) is 0.501. The van der Waals surface area contributed by atoms with E-state index in [1.807, 2.05) is 11.6 Å². The van der Waals surface area contributed by atoms with E-state index < -0.39 is 23.5 Å². The molecule has 3 N–H and O–H groups in total. The van der Waals surface area contributed by atoms with E-state index in [4.69, 9.17) is 5.84 Å². The second-order valence-electron chi connectivity index (χ2n) is 4.51. The maximum absolute atomic E-state index is 13.2. The number of benzene rings is 1. The molecule has 20 heavy (non-hydrogen) atoms. The predicted octanol–water partition coefficient (Wildman–Crippen LogP) is 1.97. The van der Waals surface area contributed by atoms with Gasteiger partial charge in [0, 0.05) is 31.9 Å². The Bertz CT molecular complexity index is 574. The minimum atomic E-state index is -1.48. The zero-order valence-corrected chi connectivity index (χ0v) is 10.9. The van der Waals surface area contributed by atoms with Crippen molar-refractivity contribution in [3.8, 4) is 0 Å². The Morgan fingerprint density at radius 1 is 1.30 bits per heavy atom. The molecule has 0 fully saturated rings. The van der Waals surface area contributed by atoms with Crippen molar-refractivity contribution in [1.29, 1.82) is 0 Å². The van der Waals surface area contributed by atoms with Gasteiger partial charge in [0.25, 0.3) is 0 Å². The number of aromatic nitrogens is 2. The lowest BCUT2D eigenvalue weighted by Crippen LogP contribution is -2.29. The Morgan fingerprint density at radius 2 is 1.95 bits per heavy atom. The Kier molecular flexibility index (Phi) is 4.41. The molecule has 2 aromatic rings. The van der Waals surface area contributed by atoms with Crippen LogP contribution in [0.2, 0.25) is 0 Å². The lowest BCUT2D eigenvalue weighted by molar-refractivity contribution is 0.436. The highest BCUT2D eigenvalue weighted by Gasteiger charge is 2.17. The summed E-state index contributed by atoms with van der Waals surface area (Å²) in [6, 6.07) is 1.40. The molecule has 0 spiro atoms. The molecule has 108 valence electrons. The van der Waals surface area contributed by atoms with Crippen LogP contribution in [0.3, 0.4) is 0 Å². The Balaban J connectivity index is 2.14.